The summed E-state index contributed by atoms with van der Waals surface area (Å²) in [7, 11) is 8.64. The van der Waals surface area contributed by atoms with Gasteiger partial charge in [-0.3, -0.25) is 14.4 Å². The Morgan fingerprint density at radius 1 is 0.940 bits per heavy atom. The topological polar surface area (TPSA) is 295 Å². The highest BCUT2D eigenvalue weighted by molar-refractivity contribution is 7.99. The number of hydrogen-bond acceptors (Lipinski definition) is 23. The first-order chi connectivity index (χ1) is 39.4. The van der Waals surface area contributed by atoms with Gasteiger partial charge in [0.2, 0.25) is 5.43 Å². The van der Waals surface area contributed by atoms with Gasteiger partial charge in [0.1, 0.15) is 35.6 Å². The summed E-state index contributed by atoms with van der Waals surface area (Å²) in [5.41, 5.74) is -5.32. The van der Waals surface area contributed by atoms with Crippen molar-refractivity contribution in [3.8, 4) is 0 Å². The van der Waals surface area contributed by atoms with Crippen LogP contribution in [-0.4, -0.2) is 233 Å². The van der Waals surface area contributed by atoms with E-state index >= 15 is 0 Å². The molecule has 3 aliphatic heterocycles. The number of thioether (sulfide) groups is 1. The van der Waals surface area contributed by atoms with Gasteiger partial charge in [-0.15, -0.1) is 11.8 Å². The van der Waals surface area contributed by atoms with Crippen LogP contribution >= 0.6 is 11.8 Å². The first-order valence-corrected chi connectivity index (χ1v) is 30.6. The van der Waals surface area contributed by atoms with Gasteiger partial charge in [-0.1, -0.05) is 46.7 Å². The van der Waals surface area contributed by atoms with Crippen LogP contribution in [0.1, 0.15) is 126 Å². The van der Waals surface area contributed by atoms with E-state index in [9.17, 15) is 44.7 Å². The lowest BCUT2D eigenvalue weighted by Crippen LogP contribution is -2.61. The fourth-order valence-corrected chi connectivity index (χ4v) is 12.9. The average molecular weight is 1210 g/mol. The quantitative estimate of drug-likeness (QED) is 0.0398. The lowest BCUT2D eigenvalue weighted by molar-refractivity contribution is -0.318. The van der Waals surface area contributed by atoms with E-state index in [1.54, 1.807) is 79.8 Å². The number of cyclic esters (lactones) is 1. The molecule has 25 heteroatoms. The molecule has 0 aromatic carbocycles. The van der Waals surface area contributed by atoms with E-state index in [0.29, 0.717) is 41.5 Å². The number of aliphatic hydroxyl groups is 4. The summed E-state index contributed by atoms with van der Waals surface area (Å²) in [5, 5.41) is 68.7. The number of carbonyl (C=O) groups is 3. The van der Waals surface area contributed by atoms with E-state index < -0.39 is 119 Å². The smallest absolute Gasteiger partial charge is 0.341 e. The Morgan fingerprint density at radius 2 is 1.62 bits per heavy atom. The minimum Gasteiger partial charge on any atom is -0.477 e. The zero-order chi connectivity index (χ0) is 62.8. The van der Waals surface area contributed by atoms with Crippen molar-refractivity contribution in [2.75, 3.05) is 85.4 Å². The maximum Gasteiger partial charge on any atom is 0.341 e. The van der Waals surface area contributed by atoms with Crippen LogP contribution in [0.3, 0.4) is 0 Å². The molecule has 0 radical (unpaired) electrons. The molecule has 24 nitrogen and oxygen atoms in total. The van der Waals surface area contributed by atoms with Crippen LogP contribution in [0.25, 0.3) is 11.0 Å². The first kappa shape index (κ1) is 70.7. The molecular weight excluding hydrogens is 1110 g/mol. The van der Waals surface area contributed by atoms with Gasteiger partial charge in [-0.2, -0.15) is 0 Å². The maximum absolute atomic E-state index is 14.8. The molecule has 0 amide bonds. The van der Waals surface area contributed by atoms with Crippen molar-refractivity contribution >= 4 is 46.4 Å². The van der Waals surface area contributed by atoms with Crippen molar-refractivity contribution in [1.29, 1.82) is 0 Å². The minimum atomic E-state index is -2.00. The predicted octanol–water partition coefficient (Wildman–Crippen LogP) is 3.86. The third-order valence-corrected chi connectivity index (χ3v) is 18.1. The first-order valence-electron chi connectivity index (χ1n) is 29.6. The van der Waals surface area contributed by atoms with Gasteiger partial charge in [0, 0.05) is 94.1 Å². The molecule has 2 aromatic rings. The number of aromatic nitrogens is 2. The van der Waals surface area contributed by atoms with E-state index in [4.69, 9.17) is 38.0 Å². The Bertz CT molecular complexity index is 2570. The monoisotopic (exact) mass is 1210 g/mol. The van der Waals surface area contributed by atoms with E-state index in [-0.39, 0.29) is 61.9 Å². The van der Waals surface area contributed by atoms with Crippen molar-refractivity contribution < 1.29 is 77.9 Å². The van der Waals surface area contributed by atoms with Gasteiger partial charge in [0.15, 0.2) is 24.3 Å². The van der Waals surface area contributed by atoms with Crippen LogP contribution in [0.4, 0.5) is 0 Å². The number of carboxylic acids is 1. The van der Waals surface area contributed by atoms with Gasteiger partial charge in [0.05, 0.1) is 59.6 Å². The number of methoxy groups -OCH3 is 1. The molecule has 478 valence electrons. The molecule has 0 spiro atoms. The van der Waals surface area contributed by atoms with Gasteiger partial charge >= 0.3 is 17.9 Å². The van der Waals surface area contributed by atoms with Gasteiger partial charge < -0.3 is 83.7 Å². The van der Waals surface area contributed by atoms with Gasteiger partial charge in [-0.25, -0.2) is 14.5 Å². The second-order valence-electron chi connectivity index (χ2n) is 24.2. The molecule has 0 unspecified atom stereocenters. The van der Waals surface area contributed by atoms with Crippen LogP contribution in [0.15, 0.2) is 33.3 Å². The normalized spacial score (nSPS) is 35.2. The number of likely N-dealkylation sites (N-methyl/N-ethyl adjacent to an activating group) is 2. The molecule has 0 saturated carbocycles. The SMILES string of the molecule is CC[C@H]1OC(=O)[C@H](C)[C@@H](O[C@H]2C[C@@](C)(OC)[C@@H](OC(=O)CCNCCSc3cnc4c(c3)c(=O)c(C(=O)O)cn4N(C)C)[C@H](C)O2)[C@H](C)[C@@H](O[C@@H]2O[C@H](C)C[C@H](N(C)C)[C@H]2O)[C@](C)(O)C[C@@H](C)C(=NOCCN(CC)CC)[C@@H](C)[C@@H](O)[C@]1(C)O. The molecule has 0 bridgehead atoms. The Hall–Kier alpha value is -4.09. The summed E-state index contributed by atoms with van der Waals surface area (Å²) in [6, 6.07) is 1.26. The van der Waals surface area contributed by atoms with Crippen LogP contribution in [0.2, 0.25) is 0 Å². The fourth-order valence-electron chi connectivity index (χ4n) is 12.1. The molecule has 5 heterocycles. The number of pyridine rings is 2. The number of oxime groups is 1. The third kappa shape index (κ3) is 17.2. The van der Waals surface area contributed by atoms with Crippen LogP contribution in [0.5, 0.6) is 0 Å². The number of esters is 2. The van der Waals surface area contributed by atoms with Crippen LogP contribution in [0, 0.1) is 23.7 Å². The number of nitrogens with zero attached hydrogens (tertiary/aromatic N) is 6. The summed E-state index contributed by atoms with van der Waals surface area (Å²) in [5.74, 6) is -5.63. The standard InChI is InChI=1S/C59H99N7O17S/c1-18-43-59(12,75)50(70)35(6)46(62-77-25-24-65(19-2)20-3)33(4)29-57(10,74)51(83-56-48(69)42(63(13)14)27-34(5)78-56)36(7)49(37(8)55(73)80-43)82-45-30-58(11,76-17)52(38(9)79-45)81-44(67)21-22-60-23-26-84-39-28-40-47(68)41(54(71)72)32-66(64(15)16)53(40)61-31-39/h28,31-38,42-43,45,48-52,56,60,69-70,74-75H,18-27,29-30H2,1-17H3,(H,71,72)/t33-,34-,35-,36+,37-,38+,42+,43-,45+,48-,49+,50-,51-,52+,56+,57-,58-,59-/m1/s1. The second-order valence-corrected chi connectivity index (χ2v) is 25.3. The number of ether oxygens (including phenoxy) is 7. The molecule has 18 atom stereocenters. The van der Waals surface area contributed by atoms with E-state index in [1.165, 1.54) is 36.7 Å². The van der Waals surface area contributed by atoms with Crippen LogP contribution in [-0.2, 0) is 47.6 Å². The fraction of sp³-hybridized carbons (Fsp3) is 0.797. The molecule has 5 rings (SSSR count). The van der Waals surface area contributed by atoms with Gasteiger partial charge in [0.25, 0.3) is 0 Å². The molecule has 84 heavy (non-hydrogen) atoms. The zero-order valence-electron chi connectivity index (χ0n) is 52.6. The van der Waals surface area contributed by atoms with Crippen molar-refractivity contribution in [1.82, 2.24) is 24.8 Å². The summed E-state index contributed by atoms with van der Waals surface area (Å²) < 4.78 is 46.6. The average Bonchev–Trinajstić information content (AvgIpc) is 2.25. The number of aromatic carboxylic acids is 1. The molecule has 6 N–H and O–H groups in total. The molecule has 3 aliphatic rings. The molecule has 3 saturated heterocycles. The summed E-state index contributed by atoms with van der Waals surface area (Å²) >= 11 is 1.41. The Balaban J connectivity index is 1.39. The number of fused-ring (bicyclic) bond motifs is 1. The summed E-state index contributed by atoms with van der Waals surface area (Å²) in [6.45, 7) is 24.4. The molecular formula is C59H99N7O17S. The van der Waals surface area contributed by atoms with Crippen molar-refractivity contribution in [3.05, 3.63) is 34.2 Å². The number of nitrogens with one attached hydrogen (secondary N) is 1. The predicted molar refractivity (Wildman–Crippen MR) is 318 cm³/mol. The Morgan fingerprint density at radius 3 is 2.23 bits per heavy atom. The van der Waals surface area contributed by atoms with E-state index in [1.807, 2.05) is 32.8 Å². The van der Waals surface area contributed by atoms with Gasteiger partial charge in [-0.05, 0) is 94.1 Å². The Kier molecular flexibility index (Phi) is 25.8. The lowest BCUT2D eigenvalue weighted by Gasteiger charge is -2.49. The number of rotatable bonds is 23. The summed E-state index contributed by atoms with van der Waals surface area (Å²) in [4.78, 5) is 68.4. The Labute approximate surface area is 500 Å². The minimum absolute atomic E-state index is 0.00157. The highest BCUT2D eigenvalue weighted by atomic mass is 32.2. The maximum atomic E-state index is 14.8. The highest BCUT2D eigenvalue weighted by Crippen LogP contribution is 2.42. The number of aliphatic hydroxyl groups excluding tert-OH is 2. The second kappa shape index (κ2) is 30.7. The van der Waals surface area contributed by atoms with E-state index in [2.05, 4.69) is 34.2 Å². The van der Waals surface area contributed by atoms with Crippen molar-refractivity contribution in [2.45, 2.75) is 204 Å². The van der Waals surface area contributed by atoms with Crippen molar-refractivity contribution in [3.63, 3.8) is 0 Å². The zero-order valence-corrected chi connectivity index (χ0v) is 53.4. The van der Waals surface area contributed by atoms with Crippen LogP contribution < -0.4 is 15.8 Å². The summed E-state index contributed by atoms with van der Waals surface area (Å²) in [6.07, 6.45) is -7.28. The third-order valence-electron chi connectivity index (χ3n) is 17.2. The number of carbonyl (C=O) groups excluding carboxylic acids is 2. The molecule has 3 fully saturated rings. The molecule has 2 aromatic heterocycles. The number of carboxylic acid groups (broad SMARTS) is 1. The highest BCUT2D eigenvalue weighted by Gasteiger charge is 2.54. The number of hydrogen-bond donors (Lipinski definition) is 6. The molecule has 0 aliphatic carbocycles. The lowest BCUT2D eigenvalue weighted by atomic mass is 9.73. The largest absolute Gasteiger partial charge is 0.477 e. The van der Waals surface area contributed by atoms with Crippen molar-refractivity contribution in [2.24, 2.45) is 28.8 Å². The van der Waals surface area contributed by atoms with E-state index in [0.717, 1.165) is 13.1 Å².